The summed E-state index contributed by atoms with van der Waals surface area (Å²) < 4.78 is 0. The van der Waals surface area contributed by atoms with Gasteiger partial charge in [-0.3, -0.25) is 0 Å². The van der Waals surface area contributed by atoms with Gasteiger partial charge in [-0.15, -0.1) is 0 Å². The van der Waals surface area contributed by atoms with E-state index in [9.17, 15) is 0 Å². The summed E-state index contributed by atoms with van der Waals surface area (Å²) in [6.45, 7) is 0. The summed E-state index contributed by atoms with van der Waals surface area (Å²) in [5.74, 6) is 0.495. The van der Waals surface area contributed by atoms with E-state index >= 15 is 0 Å². The predicted molar refractivity (Wildman–Crippen MR) is 54.3 cm³/mol. The Morgan fingerprint density at radius 1 is 1.23 bits per heavy atom. The molecule has 1 unspecified atom stereocenters. The Balaban J connectivity index is 2.22. The van der Waals surface area contributed by atoms with Crippen molar-refractivity contribution >= 4 is 6.08 Å². The van der Waals surface area contributed by atoms with E-state index in [1.54, 1.807) is 0 Å². The van der Waals surface area contributed by atoms with Gasteiger partial charge in [0.05, 0.1) is 0 Å². The Kier molecular flexibility index (Phi) is 1.31. The van der Waals surface area contributed by atoms with Crippen LogP contribution in [0.5, 0.6) is 0 Å². The third-order valence-electron chi connectivity index (χ3n) is 2.65. The Morgan fingerprint density at radius 3 is 3.23 bits per heavy atom. The third-order valence-corrected chi connectivity index (χ3v) is 2.65. The molecular weight excluding hydrogens is 156 g/mol. The lowest BCUT2D eigenvalue weighted by molar-refractivity contribution is 1.05. The number of benzene rings is 1. The van der Waals surface area contributed by atoms with Gasteiger partial charge in [0.2, 0.25) is 0 Å². The minimum atomic E-state index is 0.495. The molecule has 1 atom stereocenters. The maximum Gasteiger partial charge on any atom is 0.0278 e. The van der Waals surface area contributed by atoms with Crippen LogP contribution in [0.4, 0.5) is 0 Å². The van der Waals surface area contributed by atoms with Crippen LogP contribution in [0.1, 0.15) is 17.0 Å². The zero-order valence-electron chi connectivity index (χ0n) is 7.20. The third kappa shape index (κ3) is 0.919. The highest BCUT2D eigenvalue weighted by molar-refractivity contribution is 5.71. The van der Waals surface area contributed by atoms with Gasteiger partial charge in [-0.05, 0) is 28.8 Å². The van der Waals surface area contributed by atoms with E-state index in [0.717, 1.165) is 0 Å². The van der Waals surface area contributed by atoms with Gasteiger partial charge in [-0.2, -0.15) is 0 Å². The maximum absolute atomic E-state index is 3.11. The van der Waals surface area contributed by atoms with E-state index in [1.165, 1.54) is 16.7 Å². The molecule has 13 heavy (non-hydrogen) atoms. The number of hydrogen-bond donors (Lipinski definition) is 0. The minimum absolute atomic E-state index is 0.495. The topological polar surface area (TPSA) is 0 Å². The molecule has 1 aromatic carbocycles. The summed E-state index contributed by atoms with van der Waals surface area (Å²) in [6.07, 6.45) is 10.9. The second-order valence-corrected chi connectivity index (χ2v) is 3.42. The molecule has 0 saturated carbocycles. The first-order valence-corrected chi connectivity index (χ1v) is 4.51. The molecule has 2 aliphatic carbocycles. The Labute approximate surface area is 77.9 Å². The van der Waals surface area contributed by atoms with Gasteiger partial charge in [-0.1, -0.05) is 42.5 Å². The van der Waals surface area contributed by atoms with Crippen molar-refractivity contribution in [2.75, 3.05) is 0 Å². The molecule has 0 bridgehead atoms. The summed E-state index contributed by atoms with van der Waals surface area (Å²) in [6, 6.07) is 9.32. The molecular formula is C13H9. The second kappa shape index (κ2) is 2.46. The summed E-state index contributed by atoms with van der Waals surface area (Å²) in [7, 11) is 0. The first-order chi connectivity index (χ1) is 6.45. The molecule has 0 heterocycles. The van der Waals surface area contributed by atoms with Crippen LogP contribution in [0, 0.1) is 6.07 Å². The quantitative estimate of drug-likeness (QED) is 0.554. The fraction of sp³-hybridized carbons (Fsp3) is 0.0769. The predicted octanol–water partition coefficient (Wildman–Crippen LogP) is 3.09. The van der Waals surface area contributed by atoms with Crippen molar-refractivity contribution in [2.45, 2.75) is 5.92 Å². The molecule has 0 aromatic heterocycles. The van der Waals surface area contributed by atoms with Crippen LogP contribution in [-0.4, -0.2) is 0 Å². The van der Waals surface area contributed by atoms with Crippen LogP contribution >= 0.6 is 0 Å². The van der Waals surface area contributed by atoms with Crippen LogP contribution in [0.25, 0.3) is 6.08 Å². The van der Waals surface area contributed by atoms with E-state index in [-0.39, 0.29) is 0 Å². The van der Waals surface area contributed by atoms with Gasteiger partial charge >= 0.3 is 0 Å². The second-order valence-electron chi connectivity index (χ2n) is 3.42. The van der Waals surface area contributed by atoms with E-state index < -0.39 is 0 Å². The lowest BCUT2D eigenvalue weighted by atomic mass is 9.93. The smallest absolute Gasteiger partial charge is 0.0278 e. The molecule has 0 N–H and O–H groups in total. The SMILES string of the molecule is [c]1ccc2c(c1)C=C1C=CC=CC12. The zero-order valence-corrected chi connectivity index (χ0v) is 7.20. The van der Waals surface area contributed by atoms with E-state index in [0.29, 0.717) is 5.92 Å². The molecule has 1 aromatic rings. The van der Waals surface area contributed by atoms with Crippen molar-refractivity contribution in [3.8, 4) is 0 Å². The van der Waals surface area contributed by atoms with E-state index in [2.05, 4.69) is 48.6 Å². The highest BCUT2D eigenvalue weighted by Crippen LogP contribution is 2.38. The molecule has 61 valence electrons. The van der Waals surface area contributed by atoms with Crippen LogP contribution < -0.4 is 0 Å². The number of hydrogen-bond acceptors (Lipinski definition) is 0. The molecule has 0 fully saturated rings. The van der Waals surface area contributed by atoms with Gasteiger partial charge < -0.3 is 0 Å². The first kappa shape index (κ1) is 6.90. The molecule has 0 nitrogen and oxygen atoms in total. The number of rotatable bonds is 0. The van der Waals surface area contributed by atoms with Gasteiger partial charge in [0, 0.05) is 5.92 Å². The van der Waals surface area contributed by atoms with Crippen molar-refractivity contribution in [1.29, 1.82) is 0 Å². The fourth-order valence-corrected chi connectivity index (χ4v) is 2.02. The molecule has 1 radical (unpaired) electrons. The summed E-state index contributed by atoms with van der Waals surface area (Å²) in [5, 5.41) is 0. The zero-order chi connectivity index (χ0) is 8.67. The summed E-state index contributed by atoms with van der Waals surface area (Å²) in [5.41, 5.74) is 4.13. The minimum Gasteiger partial charge on any atom is -0.0726 e. The molecule has 0 spiro atoms. The summed E-state index contributed by atoms with van der Waals surface area (Å²) >= 11 is 0. The van der Waals surface area contributed by atoms with E-state index in [1.807, 2.05) is 6.07 Å². The standard InChI is InChI=1S/C13H9/c1-3-7-12-10(5-1)9-11-6-2-4-8-13(11)12/h1,3-9,12H. The Morgan fingerprint density at radius 2 is 2.23 bits per heavy atom. The van der Waals surface area contributed by atoms with E-state index in [4.69, 9.17) is 0 Å². The molecule has 0 heteroatoms. The van der Waals surface area contributed by atoms with Crippen molar-refractivity contribution < 1.29 is 0 Å². The van der Waals surface area contributed by atoms with Crippen molar-refractivity contribution in [3.05, 3.63) is 65.3 Å². The maximum atomic E-state index is 3.11. The first-order valence-electron chi connectivity index (χ1n) is 4.51. The average Bonchev–Trinajstić information content (AvgIpc) is 2.56. The number of fused-ring (bicyclic) bond motifs is 3. The Bertz CT molecular complexity index is 433. The summed E-state index contributed by atoms with van der Waals surface area (Å²) in [4.78, 5) is 0. The largest absolute Gasteiger partial charge is 0.0726 e. The molecule has 0 saturated heterocycles. The highest BCUT2D eigenvalue weighted by atomic mass is 14.2. The van der Waals surface area contributed by atoms with Crippen LogP contribution in [0.2, 0.25) is 0 Å². The lowest BCUT2D eigenvalue weighted by Crippen LogP contribution is -1.95. The van der Waals surface area contributed by atoms with Crippen LogP contribution in [-0.2, 0) is 0 Å². The number of allylic oxidation sites excluding steroid dienone is 5. The Hall–Kier alpha value is -1.56. The molecule has 0 aliphatic heterocycles. The van der Waals surface area contributed by atoms with Gasteiger partial charge in [0.1, 0.15) is 0 Å². The fourth-order valence-electron chi connectivity index (χ4n) is 2.02. The normalized spacial score (nSPS) is 22.5. The van der Waals surface area contributed by atoms with Crippen molar-refractivity contribution in [1.82, 2.24) is 0 Å². The van der Waals surface area contributed by atoms with Gasteiger partial charge in [0.25, 0.3) is 0 Å². The van der Waals surface area contributed by atoms with Crippen molar-refractivity contribution in [3.63, 3.8) is 0 Å². The van der Waals surface area contributed by atoms with Gasteiger partial charge in [0.15, 0.2) is 0 Å². The van der Waals surface area contributed by atoms with Crippen molar-refractivity contribution in [2.24, 2.45) is 0 Å². The highest BCUT2D eigenvalue weighted by Gasteiger charge is 2.21. The van der Waals surface area contributed by atoms with Crippen LogP contribution in [0.15, 0.2) is 48.1 Å². The molecule has 0 amide bonds. The lowest BCUT2D eigenvalue weighted by Gasteiger charge is -2.11. The monoisotopic (exact) mass is 165 g/mol. The molecule has 2 aliphatic rings. The van der Waals surface area contributed by atoms with Gasteiger partial charge in [-0.25, -0.2) is 0 Å². The van der Waals surface area contributed by atoms with Crippen LogP contribution in [0.3, 0.4) is 0 Å². The molecule has 3 rings (SSSR count). The average molecular weight is 165 g/mol.